The number of hydrogen-bond donors (Lipinski definition) is 2. The minimum absolute atomic E-state index is 0.153. The molecule has 0 bridgehead atoms. The summed E-state index contributed by atoms with van der Waals surface area (Å²) in [7, 11) is 0. The quantitative estimate of drug-likeness (QED) is 0.340. The highest BCUT2D eigenvalue weighted by Gasteiger charge is 2.17. The molecule has 0 unspecified atom stereocenters. The van der Waals surface area contributed by atoms with Crippen molar-refractivity contribution in [2.24, 2.45) is 11.6 Å². The van der Waals surface area contributed by atoms with E-state index in [4.69, 9.17) is 23.2 Å². The number of nitrogens with two attached hydrogens (primary N) is 2. The number of rotatable bonds is 7. The number of halogens is 1. The lowest BCUT2D eigenvalue weighted by atomic mass is 10.1. The molecule has 0 saturated heterocycles. The molecule has 7 heteroatoms. The number of carbonyl (C=O) groups is 2. The summed E-state index contributed by atoms with van der Waals surface area (Å²) in [6.45, 7) is 3.96. The van der Waals surface area contributed by atoms with Crippen LogP contribution in [-0.4, -0.2) is 41.2 Å². The molecule has 22 heavy (non-hydrogen) atoms. The van der Waals surface area contributed by atoms with Crippen molar-refractivity contribution in [1.29, 1.82) is 0 Å². The Bertz CT molecular complexity index is 574. The van der Waals surface area contributed by atoms with E-state index in [0.29, 0.717) is 23.4 Å². The van der Waals surface area contributed by atoms with Crippen LogP contribution in [0.15, 0.2) is 35.7 Å². The maximum Gasteiger partial charge on any atom is 0.260 e. The molecular formula is C15H21ClN4O2. The number of hydrazine groups is 1. The van der Waals surface area contributed by atoms with Crippen molar-refractivity contribution in [3.63, 3.8) is 0 Å². The van der Waals surface area contributed by atoms with E-state index < -0.39 is 0 Å². The summed E-state index contributed by atoms with van der Waals surface area (Å²) in [5.41, 5.74) is 8.07. The third-order valence-electron chi connectivity index (χ3n) is 3.38. The molecule has 0 aliphatic rings. The maximum atomic E-state index is 12.3. The van der Waals surface area contributed by atoms with Crippen LogP contribution in [0.1, 0.15) is 22.8 Å². The van der Waals surface area contributed by atoms with E-state index in [9.17, 15) is 9.59 Å². The van der Waals surface area contributed by atoms with E-state index in [1.807, 2.05) is 19.1 Å². The smallest absolute Gasteiger partial charge is 0.260 e. The van der Waals surface area contributed by atoms with Gasteiger partial charge in [-0.1, -0.05) is 18.2 Å². The van der Waals surface area contributed by atoms with Crippen LogP contribution in [0, 0.1) is 6.92 Å². The Balaban J connectivity index is 2.76. The van der Waals surface area contributed by atoms with Gasteiger partial charge in [-0.25, -0.2) is 5.84 Å². The second-order valence-corrected chi connectivity index (χ2v) is 5.12. The van der Waals surface area contributed by atoms with Crippen LogP contribution in [0.4, 0.5) is 0 Å². The van der Waals surface area contributed by atoms with Crippen molar-refractivity contribution in [2.75, 3.05) is 19.0 Å². The zero-order valence-electron chi connectivity index (χ0n) is 12.8. The number of carbonyl (C=O) groups excluding carboxylic acids is 2. The predicted octanol–water partition coefficient (Wildman–Crippen LogP) is 1.20. The molecule has 2 amide bonds. The fraction of sp³-hybridized carbons (Fsp3) is 0.333. The van der Waals surface area contributed by atoms with Crippen LogP contribution in [0.25, 0.3) is 0 Å². The summed E-state index contributed by atoms with van der Waals surface area (Å²) in [4.78, 5) is 24.6. The number of amides is 2. The minimum Gasteiger partial charge on any atom is -0.400 e. The first-order chi connectivity index (χ1) is 10.4. The molecular weight excluding hydrogens is 304 g/mol. The minimum atomic E-state index is -0.353. The van der Waals surface area contributed by atoms with Crippen LogP contribution in [0.2, 0.25) is 0 Å². The molecule has 6 nitrogen and oxygen atoms in total. The Morgan fingerprint density at radius 2 is 1.95 bits per heavy atom. The molecule has 0 heterocycles. The van der Waals surface area contributed by atoms with Gasteiger partial charge in [-0.3, -0.25) is 14.5 Å². The van der Waals surface area contributed by atoms with Crippen molar-refractivity contribution in [3.05, 3.63) is 46.8 Å². The maximum absolute atomic E-state index is 12.3. The lowest BCUT2D eigenvalue weighted by molar-refractivity contribution is -0.116. The molecule has 0 fully saturated rings. The Morgan fingerprint density at radius 3 is 2.50 bits per heavy atom. The third kappa shape index (κ3) is 4.47. The summed E-state index contributed by atoms with van der Waals surface area (Å²) >= 11 is 5.64. The Hall–Kier alpha value is -2.05. The molecule has 0 atom stereocenters. The standard InChI is InChI=1S/C15H21ClN4O2/c1-11-5-3-4-6-13(11)15(22)19(10-21)7-8-20(18)12(2)14(17)9-16/h3-6,10H,7-9,17-18H2,1-2H3/b14-12-. The highest BCUT2D eigenvalue weighted by molar-refractivity contribution is 6.19. The lowest BCUT2D eigenvalue weighted by Crippen LogP contribution is -2.41. The van der Waals surface area contributed by atoms with Crippen LogP contribution >= 0.6 is 11.6 Å². The van der Waals surface area contributed by atoms with Gasteiger partial charge in [0.25, 0.3) is 5.91 Å². The number of imide groups is 1. The van der Waals surface area contributed by atoms with Gasteiger partial charge in [-0.2, -0.15) is 0 Å². The van der Waals surface area contributed by atoms with Gasteiger partial charge in [0.15, 0.2) is 0 Å². The first-order valence-electron chi connectivity index (χ1n) is 6.77. The van der Waals surface area contributed by atoms with E-state index in [0.717, 1.165) is 10.5 Å². The van der Waals surface area contributed by atoms with Gasteiger partial charge >= 0.3 is 0 Å². The number of benzene rings is 1. The van der Waals surface area contributed by atoms with Gasteiger partial charge in [0, 0.05) is 23.5 Å². The molecule has 0 aromatic heterocycles. The summed E-state index contributed by atoms with van der Waals surface area (Å²) < 4.78 is 0. The topological polar surface area (TPSA) is 92.7 Å². The molecule has 0 spiro atoms. The van der Waals surface area contributed by atoms with E-state index in [2.05, 4.69) is 0 Å². The van der Waals surface area contributed by atoms with Crippen LogP contribution in [0.5, 0.6) is 0 Å². The Kier molecular flexibility index (Phi) is 6.88. The molecule has 0 aliphatic heterocycles. The molecule has 0 radical (unpaired) electrons. The molecule has 1 aromatic carbocycles. The van der Waals surface area contributed by atoms with Crippen molar-refractivity contribution in [1.82, 2.24) is 9.91 Å². The van der Waals surface area contributed by atoms with Crippen molar-refractivity contribution < 1.29 is 9.59 Å². The number of alkyl halides is 1. The largest absolute Gasteiger partial charge is 0.400 e. The van der Waals surface area contributed by atoms with Crippen LogP contribution in [-0.2, 0) is 4.79 Å². The lowest BCUT2D eigenvalue weighted by Gasteiger charge is -2.24. The first kappa shape index (κ1) is 18.0. The van der Waals surface area contributed by atoms with E-state index >= 15 is 0 Å². The monoisotopic (exact) mass is 324 g/mol. The first-order valence-corrected chi connectivity index (χ1v) is 7.31. The molecule has 120 valence electrons. The molecule has 1 rings (SSSR count). The zero-order valence-corrected chi connectivity index (χ0v) is 13.5. The fourth-order valence-corrected chi connectivity index (χ4v) is 2.03. The van der Waals surface area contributed by atoms with Crippen molar-refractivity contribution in [2.45, 2.75) is 13.8 Å². The SMILES string of the molecule is C/C(=C(/N)CCl)N(N)CCN(C=O)C(=O)c1ccccc1C. The highest BCUT2D eigenvalue weighted by atomic mass is 35.5. The number of aryl methyl sites for hydroxylation is 1. The van der Waals surface area contributed by atoms with Gasteiger partial charge in [-0.05, 0) is 25.5 Å². The Morgan fingerprint density at radius 1 is 1.32 bits per heavy atom. The average molecular weight is 325 g/mol. The van der Waals surface area contributed by atoms with Gasteiger partial charge in [0.1, 0.15) is 0 Å². The van der Waals surface area contributed by atoms with E-state index in [1.165, 1.54) is 5.01 Å². The molecule has 0 saturated carbocycles. The van der Waals surface area contributed by atoms with E-state index in [1.54, 1.807) is 19.1 Å². The van der Waals surface area contributed by atoms with Crippen molar-refractivity contribution >= 4 is 23.9 Å². The van der Waals surface area contributed by atoms with Crippen molar-refractivity contribution in [3.8, 4) is 0 Å². The highest BCUT2D eigenvalue weighted by Crippen LogP contribution is 2.10. The second kappa shape index (κ2) is 8.41. The van der Waals surface area contributed by atoms with Crippen LogP contribution < -0.4 is 11.6 Å². The van der Waals surface area contributed by atoms with Gasteiger partial charge < -0.3 is 10.7 Å². The molecule has 1 aromatic rings. The summed E-state index contributed by atoms with van der Waals surface area (Å²) in [5.74, 6) is 5.66. The zero-order chi connectivity index (χ0) is 16.7. The molecule has 4 N–H and O–H groups in total. The normalized spacial score (nSPS) is 11.6. The summed E-state index contributed by atoms with van der Waals surface area (Å²) in [5, 5.41) is 1.37. The van der Waals surface area contributed by atoms with Gasteiger partial charge in [0.05, 0.1) is 12.4 Å². The summed E-state index contributed by atoms with van der Waals surface area (Å²) in [6, 6.07) is 7.10. The fourth-order valence-electron chi connectivity index (χ4n) is 1.83. The van der Waals surface area contributed by atoms with Gasteiger partial charge in [0.2, 0.25) is 6.41 Å². The molecule has 0 aliphatic carbocycles. The Labute approximate surface area is 135 Å². The third-order valence-corrected chi connectivity index (χ3v) is 3.67. The van der Waals surface area contributed by atoms with Gasteiger partial charge in [-0.15, -0.1) is 11.6 Å². The number of nitrogens with zero attached hydrogens (tertiary/aromatic N) is 2. The number of hydrogen-bond acceptors (Lipinski definition) is 5. The second-order valence-electron chi connectivity index (χ2n) is 4.86. The predicted molar refractivity (Wildman–Crippen MR) is 86.8 cm³/mol. The van der Waals surface area contributed by atoms with Crippen LogP contribution in [0.3, 0.4) is 0 Å². The number of allylic oxidation sites excluding steroid dienone is 2. The van der Waals surface area contributed by atoms with E-state index in [-0.39, 0.29) is 24.9 Å². The average Bonchev–Trinajstić information content (AvgIpc) is 2.53. The summed E-state index contributed by atoms with van der Waals surface area (Å²) in [6.07, 6.45) is 0.507.